The molecule has 2 aromatic carbocycles. The maximum atomic E-state index is 12.1. The van der Waals surface area contributed by atoms with E-state index < -0.39 is 16.9 Å². The number of hydrogen-bond acceptors (Lipinski definition) is 6. The van der Waals surface area contributed by atoms with Gasteiger partial charge < -0.3 is 9.84 Å². The minimum absolute atomic E-state index is 0.0927. The number of phenolic OH excluding ortho intramolecular Hbond substituents is 1. The predicted molar refractivity (Wildman–Crippen MR) is 113 cm³/mol. The van der Waals surface area contributed by atoms with Crippen molar-refractivity contribution < 1.29 is 9.84 Å². The molecular weight excluding hydrogens is 508 g/mol. The third-order valence-electron chi connectivity index (χ3n) is 3.81. The normalized spacial score (nSPS) is 10.4. The molecule has 0 aliphatic rings. The van der Waals surface area contributed by atoms with Gasteiger partial charge in [-0.05, 0) is 74.7 Å². The van der Waals surface area contributed by atoms with E-state index in [0.29, 0.717) is 37.3 Å². The fourth-order valence-corrected chi connectivity index (χ4v) is 3.78. The van der Waals surface area contributed by atoms with Gasteiger partial charge in [0.1, 0.15) is 17.6 Å². The highest BCUT2D eigenvalue weighted by molar-refractivity contribution is 9.11. The van der Waals surface area contributed by atoms with Crippen LogP contribution in [0.25, 0.3) is 11.3 Å². The fourth-order valence-electron chi connectivity index (χ4n) is 2.45. The van der Waals surface area contributed by atoms with Gasteiger partial charge in [0.2, 0.25) is 5.69 Å². The zero-order valence-corrected chi connectivity index (χ0v) is 18.0. The lowest BCUT2D eigenvalue weighted by Crippen LogP contribution is -2.33. The predicted octanol–water partition coefficient (Wildman–Crippen LogP) is 3.85. The van der Waals surface area contributed by atoms with E-state index in [9.17, 15) is 14.7 Å². The quantitative estimate of drug-likeness (QED) is 0.540. The van der Waals surface area contributed by atoms with Gasteiger partial charge in [-0.25, -0.2) is 4.79 Å². The van der Waals surface area contributed by atoms with Crippen molar-refractivity contribution in [3.05, 3.63) is 78.0 Å². The van der Waals surface area contributed by atoms with Crippen molar-refractivity contribution in [2.24, 2.45) is 0 Å². The number of nitrogens with zero attached hydrogens (tertiary/aromatic N) is 3. The van der Waals surface area contributed by atoms with Crippen molar-refractivity contribution in [1.29, 1.82) is 5.26 Å². The molecule has 0 spiro atoms. The SMILES string of the molecule is C=C(C)c1cc(Oc2c(Br)cc(-n3nc(C#N)c(=O)[nH]c3=O)cc2Br)ccc1O. The van der Waals surface area contributed by atoms with Gasteiger partial charge >= 0.3 is 5.69 Å². The maximum Gasteiger partial charge on any atom is 0.349 e. The lowest BCUT2D eigenvalue weighted by molar-refractivity contribution is 0.460. The van der Waals surface area contributed by atoms with Crippen molar-refractivity contribution in [2.75, 3.05) is 0 Å². The topological polar surface area (TPSA) is 121 Å². The number of aromatic nitrogens is 3. The highest BCUT2D eigenvalue weighted by Gasteiger charge is 2.15. The van der Waals surface area contributed by atoms with E-state index in [1.54, 1.807) is 37.3 Å². The van der Waals surface area contributed by atoms with Gasteiger partial charge in [-0.2, -0.15) is 9.94 Å². The van der Waals surface area contributed by atoms with Crippen LogP contribution in [0.3, 0.4) is 0 Å². The number of rotatable bonds is 4. The van der Waals surface area contributed by atoms with Crippen LogP contribution in [0.1, 0.15) is 18.2 Å². The smallest absolute Gasteiger partial charge is 0.349 e. The number of nitrogens with one attached hydrogen (secondary N) is 1. The van der Waals surface area contributed by atoms with Gasteiger partial charge in [0.05, 0.1) is 14.6 Å². The zero-order chi connectivity index (χ0) is 21.3. The second-order valence-electron chi connectivity index (χ2n) is 5.93. The molecule has 0 aliphatic heterocycles. The Morgan fingerprint density at radius 2 is 1.93 bits per heavy atom. The molecule has 3 rings (SSSR count). The molecule has 10 heteroatoms. The standard InChI is InChI=1S/C19H12Br2N4O4/c1-9(2)12-7-11(3-4-16(12)26)29-17-13(20)5-10(6-14(17)21)25-19(28)23-18(27)15(8-22)24-25/h3-7,26H,1H2,2H3,(H,23,27,28). The fraction of sp³-hybridized carbons (Fsp3) is 0.0526. The molecule has 146 valence electrons. The van der Waals surface area contributed by atoms with Crippen LogP contribution < -0.4 is 16.0 Å². The summed E-state index contributed by atoms with van der Waals surface area (Å²) < 4.78 is 7.76. The second-order valence-corrected chi connectivity index (χ2v) is 7.64. The number of aromatic amines is 1. The van der Waals surface area contributed by atoms with Gasteiger partial charge in [-0.1, -0.05) is 6.58 Å². The highest BCUT2D eigenvalue weighted by atomic mass is 79.9. The summed E-state index contributed by atoms with van der Waals surface area (Å²) in [5.41, 5.74) is -0.549. The first-order valence-corrected chi connectivity index (χ1v) is 9.59. The summed E-state index contributed by atoms with van der Waals surface area (Å²) in [6, 6.07) is 9.49. The first-order valence-electron chi connectivity index (χ1n) is 8.01. The van der Waals surface area contributed by atoms with E-state index >= 15 is 0 Å². The Hall–Kier alpha value is -3.16. The number of ether oxygens (including phenoxy) is 1. The molecular formula is C19H12Br2N4O4. The van der Waals surface area contributed by atoms with Crippen LogP contribution in [0.2, 0.25) is 0 Å². The van der Waals surface area contributed by atoms with Crippen LogP contribution in [0.5, 0.6) is 17.2 Å². The number of aromatic hydroxyl groups is 1. The number of hydrogen-bond donors (Lipinski definition) is 2. The van der Waals surface area contributed by atoms with E-state index in [-0.39, 0.29) is 5.75 Å². The molecule has 0 saturated carbocycles. The minimum atomic E-state index is -0.854. The van der Waals surface area contributed by atoms with Gasteiger partial charge in [-0.15, -0.1) is 5.10 Å². The molecule has 1 aromatic heterocycles. The molecule has 0 saturated heterocycles. The summed E-state index contributed by atoms with van der Waals surface area (Å²) >= 11 is 6.77. The molecule has 3 aromatic rings. The Morgan fingerprint density at radius 3 is 2.52 bits per heavy atom. The van der Waals surface area contributed by atoms with Crippen LogP contribution in [-0.4, -0.2) is 19.9 Å². The van der Waals surface area contributed by atoms with Gasteiger partial charge in [0.25, 0.3) is 5.56 Å². The number of H-pyrrole nitrogens is 1. The monoisotopic (exact) mass is 518 g/mol. The Bertz CT molecular complexity index is 1280. The average Bonchev–Trinajstić information content (AvgIpc) is 2.65. The van der Waals surface area contributed by atoms with Gasteiger partial charge in [-0.3, -0.25) is 9.78 Å². The van der Waals surface area contributed by atoms with E-state index in [1.807, 2.05) is 4.98 Å². The molecule has 0 amide bonds. The highest BCUT2D eigenvalue weighted by Crippen LogP contribution is 2.39. The van der Waals surface area contributed by atoms with Crippen LogP contribution in [0.4, 0.5) is 0 Å². The first kappa shape index (κ1) is 20.6. The number of allylic oxidation sites excluding steroid dienone is 1. The Labute approximate surface area is 181 Å². The summed E-state index contributed by atoms with van der Waals surface area (Å²) in [6.07, 6.45) is 0. The molecule has 0 radical (unpaired) electrons. The summed E-state index contributed by atoms with van der Waals surface area (Å²) in [4.78, 5) is 25.7. The minimum Gasteiger partial charge on any atom is -0.507 e. The van der Waals surface area contributed by atoms with Crippen molar-refractivity contribution in [1.82, 2.24) is 14.8 Å². The molecule has 8 nitrogen and oxygen atoms in total. The number of nitriles is 1. The first-order chi connectivity index (χ1) is 13.7. The molecule has 2 N–H and O–H groups in total. The van der Waals surface area contributed by atoms with Crippen molar-refractivity contribution >= 4 is 37.4 Å². The second kappa shape index (κ2) is 8.06. The lowest BCUT2D eigenvalue weighted by atomic mass is 10.1. The molecule has 0 atom stereocenters. The van der Waals surface area contributed by atoms with E-state index in [0.717, 1.165) is 4.68 Å². The van der Waals surface area contributed by atoms with Crippen LogP contribution in [0.15, 0.2) is 55.4 Å². The Kier molecular flexibility index (Phi) is 5.72. The molecule has 0 aliphatic carbocycles. The zero-order valence-electron chi connectivity index (χ0n) is 14.9. The van der Waals surface area contributed by atoms with Crippen LogP contribution >= 0.6 is 31.9 Å². The third-order valence-corrected chi connectivity index (χ3v) is 4.99. The molecule has 0 unspecified atom stereocenters. The van der Waals surface area contributed by atoms with Crippen LogP contribution in [-0.2, 0) is 0 Å². The summed E-state index contributed by atoms with van der Waals surface area (Å²) in [6.45, 7) is 5.59. The van der Waals surface area contributed by atoms with Crippen molar-refractivity contribution in [3.63, 3.8) is 0 Å². The van der Waals surface area contributed by atoms with Crippen molar-refractivity contribution in [2.45, 2.75) is 6.92 Å². The summed E-state index contributed by atoms with van der Waals surface area (Å²) in [7, 11) is 0. The molecule has 29 heavy (non-hydrogen) atoms. The molecule has 0 fully saturated rings. The third kappa shape index (κ3) is 4.16. The van der Waals surface area contributed by atoms with Crippen molar-refractivity contribution in [3.8, 4) is 29.0 Å². The van der Waals surface area contributed by atoms with E-state index in [2.05, 4.69) is 43.5 Å². The average molecular weight is 520 g/mol. The van der Waals surface area contributed by atoms with E-state index in [1.165, 1.54) is 6.07 Å². The molecule has 1 heterocycles. The number of benzene rings is 2. The maximum absolute atomic E-state index is 12.1. The van der Waals surface area contributed by atoms with E-state index in [4.69, 9.17) is 10.00 Å². The van der Waals surface area contributed by atoms with Gasteiger partial charge in [0, 0.05) is 5.56 Å². The lowest BCUT2D eigenvalue weighted by Gasteiger charge is -2.14. The summed E-state index contributed by atoms with van der Waals surface area (Å²) in [5, 5.41) is 22.7. The number of phenols is 1. The Balaban J connectivity index is 2.05. The number of halogens is 2. The Morgan fingerprint density at radius 1 is 1.28 bits per heavy atom. The van der Waals surface area contributed by atoms with Gasteiger partial charge in [0.15, 0.2) is 5.75 Å². The largest absolute Gasteiger partial charge is 0.507 e. The summed E-state index contributed by atoms with van der Waals surface area (Å²) in [5.74, 6) is 0.960. The van der Waals surface area contributed by atoms with Crippen LogP contribution in [0, 0.1) is 11.3 Å². The molecule has 0 bridgehead atoms.